The van der Waals surface area contributed by atoms with Crippen molar-refractivity contribution in [2.45, 2.75) is 26.7 Å². The van der Waals surface area contributed by atoms with E-state index in [1.807, 2.05) is 30.8 Å². The number of aliphatic imine (C=N–C) groups is 1. The summed E-state index contributed by atoms with van der Waals surface area (Å²) in [6.45, 7) is 8.16. The van der Waals surface area contributed by atoms with Gasteiger partial charge in [0.1, 0.15) is 0 Å². The number of hydrazone groups is 1. The first-order chi connectivity index (χ1) is 12.8. The predicted molar refractivity (Wildman–Crippen MR) is 115 cm³/mol. The minimum Gasteiger partial charge on any atom is -0.352 e. The molecule has 2 aliphatic rings. The van der Waals surface area contributed by atoms with Crippen LogP contribution in [0.5, 0.6) is 0 Å². The molecule has 1 saturated heterocycles. The normalized spacial score (nSPS) is 22.4. The minimum atomic E-state index is 0.340. The van der Waals surface area contributed by atoms with E-state index in [4.69, 9.17) is 33.3 Å². The maximum atomic E-state index is 6.27. The lowest BCUT2D eigenvalue weighted by Crippen LogP contribution is -2.50. The second kappa shape index (κ2) is 8.72. The summed E-state index contributed by atoms with van der Waals surface area (Å²) in [6.07, 6.45) is 4.22. The Morgan fingerprint density at radius 1 is 1.19 bits per heavy atom. The van der Waals surface area contributed by atoms with E-state index in [1.54, 1.807) is 0 Å². The number of hydrogen-bond donors (Lipinski definition) is 0. The summed E-state index contributed by atoms with van der Waals surface area (Å²) in [6, 6.07) is 3.73. The summed E-state index contributed by atoms with van der Waals surface area (Å²) in [5.41, 5.74) is 2.91. The molecule has 1 unspecified atom stereocenters. The van der Waals surface area contributed by atoms with E-state index in [9.17, 15) is 0 Å². The van der Waals surface area contributed by atoms with Crippen molar-refractivity contribution >= 4 is 46.7 Å². The molecule has 0 bridgehead atoms. The molecule has 0 saturated carbocycles. The van der Waals surface area contributed by atoms with E-state index >= 15 is 0 Å². The predicted octanol–water partition coefficient (Wildman–Crippen LogP) is 4.08. The molecular formula is C20H28Cl2N5+. The van der Waals surface area contributed by atoms with Crippen LogP contribution in [0.15, 0.2) is 22.2 Å². The van der Waals surface area contributed by atoms with Gasteiger partial charge in [-0.2, -0.15) is 0 Å². The Labute approximate surface area is 172 Å². The van der Waals surface area contributed by atoms with Gasteiger partial charge in [0.05, 0.1) is 15.7 Å². The van der Waals surface area contributed by atoms with Crippen molar-refractivity contribution in [3.05, 3.63) is 27.7 Å². The SMILES string of the molecule is Cc1cc(Cl)c(Cl)cc1N=C(C1=N[N+](C)=CCCC1C)N1CCN(C)CC1. The smallest absolute Gasteiger partial charge is 0.172 e. The molecule has 0 aromatic heterocycles. The molecule has 27 heavy (non-hydrogen) atoms. The van der Waals surface area contributed by atoms with Crippen LogP contribution < -0.4 is 0 Å². The summed E-state index contributed by atoms with van der Waals surface area (Å²) in [5, 5.41) is 5.95. The fraction of sp³-hybridized carbons (Fsp3) is 0.550. The van der Waals surface area contributed by atoms with Crippen molar-refractivity contribution < 1.29 is 4.68 Å². The molecule has 1 fully saturated rings. The Hall–Kier alpha value is -1.43. The fourth-order valence-corrected chi connectivity index (χ4v) is 3.78. The number of benzene rings is 1. The number of amidine groups is 1. The number of halogens is 2. The summed E-state index contributed by atoms with van der Waals surface area (Å²) < 4.78 is 1.92. The van der Waals surface area contributed by atoms with Gasteiger partial charge in [0.25, 0.3) is 0 Å². The molecule has 0 N–H and O–H groups in total. The maximum Gasteiger partial charge on any atom is 0.172 e. The molecule has 0 amide bonds. The average molecular weight is 409 g/mol. The van der Waals surface area contributed by atoms with E-state index < -0.39 is 0 Å². The van der Waals surface area contributed by atoms with Gasteiger partial charge in [0, 0.05) is 38.5 Å². The molecule has 1 atom stereocenters. The van der Waals surface area contributed by atoms with Crippen molar-refractivity contribution in [2.24, 2.45) is 16.0 Å². The Kier molecular flexibility index (Phi) is 6.56. The first kappa shape index (κ1) is 20.3. The van der Waals surface area contributed by atoms with Gasteiger partial charge in [0.15, 0.2) is 24.8 Å². The van der Waals surface area contributed by atoms with Gasteiger partial charge in [-0.3, -0.25) is 0 Å². The zero-order chi connectivity index (χ0) is 19.6. The first-order valence-electron chi connectivity index (χ1n) is 9.48. The second-order valence-corrected chi connectivity index (χ2v) is 8.31. The highest BCUT2D eigenvalue weighted by atomic mass is 35.5. The van der Waals surface area contributed by atoms with Crippen LogP contribution in [-0.4, -0.2) is 72.5 Å². The number of rotatable bonds is 2. The lowest BCUT2D eigenvalue weighted by molar-refractivity contribution is -0.498. The third-order valence-corrected chi connectivity index (χ3v) is 5.94. The van der Waals surface area contributed by atoms with Crippen molar-refractivity contribution in [2.75, 3.05) is 40.3 Å². The van der Waals surface area contributed by atoms with Gasteiger partial charge in [-0.05, 0) is 43.2 Å². The summed E-state index contributed by atoms with van der Waals surface area (Å²) >= 11 is 12.4. The highest BCUT2D eigenvalue weighted by Crippen LogP contribution is 2.31. The molecule has 0 radical (unpaired) electrons. The zero-order valence-corrected chi connectivity index (χ0v) is 18.1. The largest absolute Gasteiger partial charge is 0.352 e. The standard InChI is InChI=1S/C20H28Cl2N5/c1-14-6-5-7-26(4)24-19(14)20(27-10-8-25(3)9-11-27)23-18-13-17(22)16(21)12-15(18)2/h7,12-14H,5-6,8-11H2,1-4H3/q+1. The third kappa shape index (κ3) is 4.89. The first-order valence-corrected chi connectivity index (χ1v) is 10.2. The summed E-state index contributed by atoms with van der Waals surface area (Å²) in [4.78, 5) is 9.77. The van der Waals surface area contributed by atoms with Crippen molar-refractivity contribution in [3.8, 4) is 0 Å². The van der Waals surface area contributed by atoms with Gasteiger partial charge in [-0.1, -0.05) is 34.8 Å². The van der Waals surface area contributed by atoms with Crippen LogP contribution in [0.4, 0.5) is 5.69 Å². The summed E-state index contributed by atoms with van der Waals surface area (Å²) in [5.74, 6) is 1.30. The number of piperazine rings is 1. The Bertz CT molecular complexity index is 792. The van der Waals surface area contributed by atoms with Crippen LogP contribution in [0.2, 0.25) is 10.0 Å². The number of aryl methyl sites for hydroxylation is 1. The van der Waals surface area contributed by atoms with Crippen LogP contribution in [0.1, 0.15) is 25.3 Å². The van der Waals surface area contributed by atoms with E-state index in [0.717, 1.165) is 61.8 Å². The number of hydrogen-bond acceptors (Lipinski definition) is 3. The van der Waals surface area contributed by atoms with E-state index in [-0.39, 0.29) is 0 Å². The molecule has 7 heteroatoms. The fourth-order valence-electron chi connectivity index (χ4n) is 3.40. The Morgan fingerprint density at radius 3 is 2.56 bits per heavy atom. The minimum absolute atomic E-state index is 0.340. The Balaban J connectivity index is 2.07. The van der Waals surface area contributed by atoms with Crippen molar-refractivity contribution in [3.63, 3.8) is 0 Å². The van der Waals surface area contributed by atoms with Crippen LogP contribution in [-0.2, 0) is 0 Å². The molecule has 146 valence electrons. The molecule has 2 heterocycles. The van der Waals surface area contributed by atoms with Gasteiger partial charge in [-0.25, -0.2) is 4.99 Å². The van der Waals surface area contributed by atoms with Crippen LogP contribution >= 0.6 is 23.2 Å². The molecular weight excluding hydrogens is 381 g/mol. The maximum absolute atomic E-state index is 6.27. The van der Waals surface area contributed by atoms with E-state index in [0.29, 0.717) is 16.0 Å². The highest BCUT2D eigenvalue weighted by molar-refractivity contribution is 6.43. The van der Waals surface area contributed by atoms with E-state index in [1.165, 1.54) is 0 Å². The molecule has 1 aromatic carbocycles. The monoisotopic (exact) mass is 408 g/mol. The van der Waals surface area contributed by atoms with Crippen molar-refractivity contribution in [1.29, 1.82) is 0 Å². The molecule has 2 aliphatic heterocycles. The van der Waals surface area contributed by atoms with Gasteiger partial charge in [-0.15, -0.1) is 0 Å². The second-order valence-electron chi connectivity index (χ2n) is 7.50. The van der Waals surface area contributed by atoms with Crippen LogP contribution in [0.3, 0.4) is 0 Å². The third-order valence-electron chi connectivity index (χ3n) is 5.22. The molecule has 0 aliphatic carbocycles. The van der Waals surface area contributed by atoms with Gasteiger partial charge in [0.2, 0.25) is 0 Å². The molecule has 5 nitrogen and oxygen atoms in total. The quantitative estimate of drug-likeness (QED) is 0.419. The van der Waals surface area contributed by atoms with Gasteiger partial charge >= 0.3 is 0 Å². The lowest BCUT2D eigenvalue weighted by atomic mass is 9.98. The lowest BCUT2D eigenvalue weighted by Gasteiger charge is -2.35. The van der Waals surface area contributed by atoms with E-state index in [2.05, 4.69) is 30.0 Å². The zero-order valence-electron chi connectivity index (χ0n) is 16.5. The van der Waals surface area contributed by atoms with Crippen LogP contribution in [0, 0.1) is 12.8 Å². The van der Waals surface area contributed by atoms with Crippen LogP contribution in [0.25, 0.3) is 0 Å². The summed E-state index contributed by atoms with van der Waals surface area (Å²) in [7, 11) is 4.15. The number of likely N-dealkylation sites (N-methyl/N-ethyl adjacent to an activating group) is 1. The average Bonchev–Trinajstić information content (AvgIpc) is 2.79. The molecule has 1 aromatic rings. The molecule has 0 spiro atoms. The number of nitrogens with zero attached hydrogens (tertiary/aromatic N) is 5. The molecule has 3 rings (SSSR count). The van der Waals surface area contributed by atoms with Gasteiger partial charge < -0.3 is 9.80 Å². The topological polar surface area (TPSA) is 34.2 Å². The highest BCUT2D eigenvalue weighted by Gasteiger charge is 2.29. The van der Waals surface area contributed by atoms with Crippen molar-refractivity contribution in [1.82, 2.24) is 9.80 Å². The Morgan fingerprint density at radius 2 is 1.85 bits per heavy atom.